The number of benzene rings is 2. The number of carboxylic acids is 1. The molecule has 2 aliphatic rings. The first-order valence-electron chi connectivity index (χ1n) is 13.1. The first kappa shape index (κ1) is 26.8. The van der Waals surface area contributed by atoms with Gasteiger partial charge in [0.1, 0.15) is 18.2 Å². The number of nitrogens with zero attached hydrogens (tertiary/aromatic N) is 2. The molecule has 1 N–H and O–H groups in total. The highest BCUT2D eigenvalue weighted by molar-refractivity contribution is 5.93. The van der Waals surface area contributed by atoms with E-state index < -0.39 is 5.97 Å². The largest absolute Gasteiger partial charge is 0.489 e. The molecule has 190 valence electrons. The maximum absolute atomic E-state index is 11.5. The number of rotatable bonds is 8. The highest BCUT2D eigenvalue weighted by Gasteiger charge is 2.33. The van der Waals surface area contributed by atoms with E-state index in [9.17, 15) is 9.90 Å². The topological polar surface area (TPSA) is 62.1 Å². The lowest BCUT2D eigenvalue weighted by molar-refractivity contribution is -0.137. The van der Waals surface area contributed by atoms with Crippen LogP contribution in [0.1, 0.15) is 94.4 Å². The highest BCUT2D eigenvalue weighted by atomic mass is 16.5. The zero-order valence-electron chi connectivity index (χ0n) is 22.3. The van der Waals surface area contributed by atoms with Gasteiger partial charge in [0.15, 0.2) is 0 Å². The summed E-state index contributed by atoms with van der Waals surface area (Å²) in [5.41, 5.74) is 5.40. The molecule has 2 aromatic carbocycles. The number of carboxylic acid groups (broad SMARTS) is 1. The van der Waals surface area contributed by atoms with E-state index in [0.29, 0.717) is 12.5 Å². The van der Waals surface area contributed by atoms with E-state index in [2.05, 4.69) is 48.9 Å². The molecule has 0 aromatic heterocycles. The number of aliphatic imine (C=N–C) groups is 1. The molecule has 4 rings (SSSR count). The van der Waals surface area contributed by atoms with Crippen LogP contribution in [0.5, 0.6) is 5.75 Å². The fourth-order valence-corrected chi connectivity index (χ4v) is 5.27. The van der Waals surface area contributed by atoms with Crippen molar-refractivity contribution in [3.63, 3.8) is 0 Å². The molecular formula is C30H42N2O3. The van der Waals surface area contributed by atoms with Crippen LogP contribution in [-0.2, 0) is 16.8 Å². The fourth-order valence-electron chi connectivity index (χ4n) is 5.27. The van der Waals surface area contributed by atoms with Gasteiger partial charge in [0.25, 0.3) is 0 Å². The molecule has 2 aromatic rings. The Morgan fingerprint density at radius 3 is 2.54 bits per heavy atom. The number of aliphatic carboxylic acids is 1. The first-order chi connectivity index (χ1) is 16.8. The second-order valence-corrected chi connectivity index (χ2v) is 9.95. The van der Waals surface area contributed by atoms with Gasteiger partial charge in [-0.2, -0.15) is 0 Å². The van der Waals surface area contributed by atoms with Crippen LogP contribution in [0.25, 0.3) is 0 Å². The predicted octanol–water partition coefficient (Wildman–Crippen LogP) is 6.76. The number of fused-ring (bicyclic) bond motifs is 1. The molecule has 1 heterocycles. The number of amidine groups is 1. The van der Waals surface area contributed by atoms with Crippen LogP contribution in [0.3, 0.4) is 0 Å². The standard InChI is InChI=1S/C28H36N2O3.C2H6/c1-5-28(3)13-12-19(2)23-16-20(6-11-25(23)28)18-33-22-9-7-21(8-10-22)24(17-26(31)32)27-29-14-15-30(27)4;1-2/h6-11,16,19,24H,5,12-15,17-18H2,1-4H3,(H,31,32);1-2H3. The quantitative estimate of drug-likeness (QED) is 0.455. The maximum atomic E-state index is 11.5. The molecule has 35 heavy (non-hydrogen) atoms. The van der Waals surface area contributed by atoms with Crippen molar-refractivity contribution in [2.75, 3.05) is 20.1 Å². The van der Waals surface area contributed by atoms with Crippen LogP contribution < -0.4 is 4.74 Å². The normalized spacial score (nSPS) is 21.9. The third kappa shape index (κ3) is 6.06. The van der Waals surface area contributed by atoms with Crippen LogP contribution in [0, 0.1) is 0 Å². The average Bonchev–Trinajstić information content (AvgIpc) is 3.30. The summed E-state index contributed by atoms with van der Waals surface area (Å²) in [6, 6.07) is 14.7. The summed E-state index contributed by atoms with van der Waals surface area (Å²) in [5, 5.41) is 9.41. The van der Waals surface area contributed by atoms with Gasteiger partial charge >= 0.3 is 5.97 Å². The van der Waals surface area contributed by atoms with Crippen LogP contribution in [-0.4, -0.2) is 41.9 Å². The third-order valence-corrected chi connectivity index (χ3v) is 7.69. The maximum Gasteiger partial charge on any atom is 0.304 e. The van der Waals surface area contributed by atoms with Gasteiger partial charge in [-0.15, -0.1) is 0 Å². The molecule has 5 heteroatoms. The number of carbonyl (C=O) groups is 1. The second kappa shape index (κ2) is 11.7. The highest BCUT2D eigenvalue weighted by Crippen LogP contribution is 2.44. The minimum absolute atomic E-state index is 0.0351. The molecule has 0 fully saturated rings. The van der Waals surface area contributed by atoms with E-state index in [4.69, 9.17) is 4.74 Å². The summed E-state index contributed by atoms with van der Waals surface area (Å²) in [5.74, 6) is 1.18. The monoisotopic (exact) mass is 478 g/mol. The van der Waals surface area contributed by atoms with Crippen molar-refractivity contribution >= 4 is 11.8 Å². The summed E-state index contributed by atoms with van der Waals surface area (Å²) < 4.78 is 6.10. The SMILES string of the molecule is CC.CCC1(C)CCC(C)c2cc(COc3ccc(C(CC(=O)O)C4=NCCN4C)cc3)ccc21. The molecular weight excluding hydrogens is 436 g/mol. The zero-order chi connectivity index (χ0) is 25.6. The molecule has 3 atom stereocenters. The van der Waals surface area contributed by atoms with Crippen LogP contribution in [0.4, 0.5) is 0 Å². The van der Waals surface area contributed by atoms with Gasteiger partial charge in [0.05, 0.1) is 18.9 Å². The van der Waals surface area contributed by atoms with Gasteiger partial charge in [0, 0.05) is 13.6 Å². The van der Waals surface area contributed by atoms with E-state index in [0.717, 1.165) is 30.2 Å². The Balaban J connectivity index is 0.00000167. The Kier molecular flexibility index (Phi) is 8.98. The Morgan fingerprint density at radius 2 is 1.94 bits per heavy atom. The lowest BCUT2D eigenvalue weighted by Crippen LogP contribution is -2.29. The number of hydrogen-bond donors (Lipinski definition) is 1. The van der Waals surface area contributed by atoms with Crippen molar-refractivity contribution in [2.24, 2.45) is 4.99 Å². The lowest BCUT2D eigenvalue weighted by Gasteiger charge is -2.38. The predicted molar refractivity (Wildman–Crippen MR) is 144 cm³/mol. The van der Waals surface area contributed by atoms with Crippen molar-refractivity contribution in [1.29, 1.82) is 0 Å². The smallest absolute Gasteiger partial charge is 0.304 e. The summed E-state index contributed by atoms with van der Waals surface area (Å²) >= 11 is 0. The van der Waals surface area contributed by atoms with E-state index >= 15 is 0 Å². The van der Waals surface area contributed by atoms with Gasteiger partial charge in [-0.1, -0.05) is 65.0 Å². The molecule has 3 unspecified atom stereocenters. The van der Waals surface area contributed by atoms with Gasteiger partial charge in [-0.05, 0) is 65.0 Å². The van der Waals surface area contributed by atoms with E-state index in [1.807, 2.05) is 45.2 Å². The molecule has 0 saturated heterocycles. The fraction of sp³-hybridized carbons (Fsp3) is 0.533. The van der Waals surface area contributed by atoms with Gasteiger partial charge in [0.2, 0.25) is 0 Å². The van der Waals surface area contributed by atoms with Crippen molar-refractivity contribution in [3.8, 4) is 5.75 Å². The van der Waals surface area contributed by atoms with Gasteiger partial charge in [-0.3, -0.25) is 9.79 Å². The minimum Gasteiger partial charge on any atom is -0.489 e. The third-order valence-electron chi connectivity index (χ3n) is 7.69. The number of ether oxygens (including phenoxy) is 1. The zero-order valence-corrected chi connectivity index (χ0v) is 22.3. The van der Waals surface area contributed by atoms with E-state index in [1.165, 1.54) is 36.0 Å². The number of hydrogen-bond acceptors (Lipinski definition) is 4. The Hall–Kier alpha value is -2.82. The lowest BCUT2D eigenvalue weighted by atomic mass is 9.66. The molecule has 0 radical (unpaired) electrons. The van der Waals surface area contributed by atoms with Crippen molar-refractivity contribution in [1.82, 2.24) is 4.90 Å². The van der Waals surface area contributed by atoms with Crippen molar-refractivity contribution < 1.29 is 14.6 Å². The van der Waals surface area contributed by atoms with Crippen LogP contribution in [0.15, 0.2) is 47.5 Å². The molecule has 0 spiro atoms. The summed E-state index contributed by atoms with van der Waals surface area (Å²) in [6.45, 7) is 13.1. The Labute approximate surface area is 211 Å². The molecule has 0 amide bonds. The molecule has 0 saturated carbocycles. The van der Waals surface area contributed by atoms with Crippen molar-refractivity contribution in [3.05, 3.63) is 64.7 Å². The van der Waals surface area contributed by atoms with Gasteiger partial charge in [-0.25, -0.2) is 0 Å². The molecule has 1 aliphatic carbocycles. The Bertz CT molecular complexity index is 1030. The first-order valence-corrected chi connectivity index (χ1v) is 13.1. The van der Waals surface area contributed by atoms with Gasteiger partial charge < -0.3 is 14.7 Å². The van der Waals surface area contributed by atoms with Crippen LogP contribution >= 0.6 is 0 Å². The molecule has 5 nitrogen and oxygen atoms in total. The van der Waals surface area contributed by atoms with Crippen LogP contribution in [0.2, 0.25) is 0 Å². The molecule has 1 aliphatic heterocycles. The van der Waals surface area contributed by atoms with Crippen molar-refractivity contribution in [2.45, 2.75) is 84.2 Å². The van der Waals surface area contributed by atoms with E-state index in [1.54, 1.807) is 0 Å². The second-order valence-electron chi connectivity index (χ2n) is 9.95. The minimum atomic E-state index is -0.816. The number of likely N-dealkylation sites (N-methyl/N-ethyl adjacent to an activating group) is 1. The average molecular weight is 479 g/mol. The Morgan fingerprint density at radius 1 is 1.23 bits per heavy atom. The summed E-state index contributed by atoms with van der Waals surface area (Å²) in [7, 11) is 1.97. The summed E-state index contributed by atoms with van der Waals surface area (Å²) in [4.78, 5) is 18.1. The summed E-state index contributed by atoms with van der Waals surface area (Å²) in [6.07, 6.45) is 3.69. The van der Waals surface area contributed by atoms with E-state index in [-0.39, 0.29) is 17.8 Å². The molecule has 0 bridgehead atoms.